The largest absolute Gasteiger partial charge is 0.481 e. The summed E-state index contributed by atoms with van der Waals surface area (Å²) in [7, 11) is 0. The van der Waals surface area contributed by atoms with Gasteiger partial charge < -0.3 is 19.2 Å². The number of carboxylic acids is 1. The first-order valence-corrected chi connectivity index (χ1v) is 12.0. The van der Waals surface area contributed by atoms with E-state index in [0.717, 1.165) is 23.8 Å². The predicted molar refractivity (Wildman–Crippen MR) is 134 cm³/mol. The number of aryl methyl sites for hydroxylation is 1. The highest BCUT2D eigenvalue weighted by molar-refractivity contribution is 5.93. The number of amides is 2. The van der Waals surface area contributed by atoms with E-state index in [2.05, 4.69) is 0 Å². The Hall–Kier alpha value is -4.67. The first-order valence-electron chi connectivity index (χ1n) is 12.0. The Labute approximate surface area is 218 Å². The van der Waals surface area contributed by atoms with Crippen molar-refractivity contribution < 1.29 is 33.6 Å². The van der Waals surface area contributed by atoms with Crippen molar-refractivity contribution in [1.82, 2.24) is 9.80 Å². The minimum absolute atomic E-state index is 0.00329. The summed E-state index contributed by atoms with van der Waals surface area (Å²) in [5, 5.41) is 18.4. The number of carboxylic acid groups (broad SMARTS) is 1. The van der Waals surface area contributed by atoms with E-state index < -0.39 is 23.0 Å². The van der Waals surface area contributed by atoms with E-state index in [1.807, 2.05) is 42.5 Å². The zero-order chi connectivity index (χ0) is 27.2. The SMILES string of the molecule is CC(=O)O.O=C1C(N2C(=O)OC[C@@H]2c2ccccc2)C(CCc2ccco2)N1Cc1ccc([N+](=O)[O-])cc1. The van der Waals surface area contributed by atoms with E-state index in [9.17, 15) is 19.7 Å². The van der Waals surface area contributed by atoms with Crippen molar-refractivity contribution in [2.75, 3.05) is 6.61 Å². The first kappa shape index (κ1) is 26.4. The van der Waals surface area contributed by atoms with Gasteiger partial charge in [0.15, 0.2) is 0 Å². The van der Waals surface area contributed by atoms with Gasteiger partial charge in [-0.2, -0.15) is 0 Å². The van der Waals surface area contributed by atoms with Crippen molar-refractivity contribution in [1.29, 1.82) is 0 Å². The molecule has 2 saturated heterocycles. The summed E-state index contributed by atoms with van der Waals surface area (Å²) in [6, 6.07) is 18.2. The van der Waals surface area contributed by atoms with Gasteiger partial charge in [0.2, 0.25) is 5.91 Å². The quantitative estimate of drug-likeness (QED) is 0.264. The van der Waals surface area contributed by atoms with Crippen LogP contribution in [0.4, 0.5) is 10.5 Å². The van der Waals surface area contributed by atoms with Crippen molar-refractivity contribution in [3.05, 3.63) is 100.0 Å². The number of aliphatic carboxylic acids is 1. The smallest absolute Gasteiger partial charge is 0.411 e. The molecule has 3 atom stereocenters. The lowest BCUT2D eigenvalue weighted by molar-refractivity contribution is -0.384. The molecule has 5 rings (SSSR count). The molecule has 2 aliphatic heterocycles. The molecule has 198 valence electrons. The molecule has 0 radical (unpaired) electrons. The molecule has 2 unspecified atom stereocenters. The first-order chi connectivity index (χ1) is 18.3. The normalized spacial score (nSPS) is 20.3. The maximum Gasteiger partial charge on any atom is 0.411 e. The van der Waals surface area contributed by atoms with Crippen molar-refractivity contribution in [2.24, 2.45) is 0 Å². The number of hydrogen-bond acceptors (Lipinski definition) is 7. The molecular formula is C27H27N3O8. The summed E-state index contributed by atoms with van der Waals surface area (Å²) in [6.45, 7) is 1.58. The van der Waals surface area contributed by atoms with Gasteiger partial charge in [-0.15, -0.1) is 0 Å². The van der Waals surface area contributed by atoms with Gasteiger partial charge in [0.1, 0.15) is 18.4 Å². The molecule has 0 spiro atoms. The van der Waals surface area contributed by atoms with Gasteiger partial charge in [0.25, 0.3) is 11.7 Å². The molecule has 3 aromatic rings. The lowest BCUT2D eigenvalue weighted by Gasteiger charge is -2.51. The molecule has 0 aliphatic carbocycles. The van der Waals surface area contributed by atoms with Crippen LogP contribution < -0.4 is 0 Å². The van der Waals surface area contributed by atoms with Crippen molar-refractivity contribution >= 4 is 23.7 Å². The molecule has 1 N–H and O–H groups in total. The number of carbonyl (C=O) groups excluding carboxylic acids is 2. The Kier molecular flexibility index (Phi) is 8.05. The van der Waals surface area contributed by atoms with E-state index in [1.165, 1.54) is 12.1 Å². The second-order valence-corrected chi connectivity index (χ2v) is 8.95. The molecule has 3 heterocycles. The minimum atomic E-state index is -0.833. The number of nitro benzene ring substituents is 1. The van der Waals surface area contributed by atoms with E-state index in [4.69, 9.17) is 19.1 Å². The fraction of sp³-hybridized carbons (Fsp3) is 0.296. The zero-order valence-electron chi connectivity index (χ0n) is 20.6. The van der Waals surface area contributed by atoms with Gasteiger partial charge in [-0.1, -0.05) is 42.5 Å². The van der Waals surface area contributed by atoms with Crippen molar-refractivity contribution in [3.8, 4) is 0 Å². The zero-order valence-corrected chi connectivity index (χ0v) is 20.6. The monoisotopic (exact) mass is 521 g/mol. The Morgan fingerprint density at radius 1 is 1.08 bits per heavy atom. The summed E-state index contributed by atoms with van der Waals surface area (Å²) in [5.74, 6) is -0.195. The number of likely N-dealkylation sites (tertiary alicyclic amines) is 1. The second kappa shape index (κ2) is 11.6. The summed E-state index contributed by atoms with van der Waals surface area (Å²) in [4.78, 5) is 48.9. The van der Waals surface area contributed by atoms with Crippen LogP contribution in [0, 0.1) is 10.1 Å². The van der Waals surface area contributed by atoms with Crippen LogP contribution in [0.25, 0.3) is 0 Å². The number of nitrogens with zero attached hydrogens (tertiary/aromatic N) is 3. The van der Waals surface area contributed by atoms with Crippen LogP contribution in [0.15, 0.2) is 77.4 Å². The predicted octanol–water partition coefficient (Wildman–Crippen LogP) is 4.18. The average Bonchev–Trinajstić information content (AvgIpc) is 3.55. The molecule has 11 nitrogen and oxygen atoms in total. The van der Waals surface area contributed by atoms with Gasteiger partial charge in [-0.3, -0.25) is 24.6 Å². The number of cyclic esters (lactones) is 1. The lowest BCUT2D eigenvalue weighted by atomic mass is 9.87. The van der Waals surface area contributed by atoms with Gasteiger partial charge >= 0.3 is 6.09 Å². The van der Waals surface area contributed by atoms with Gasteiger partial charge in [0.05, 0.1) is 23.3 Å². The summed E-state index contributed by atoms with van der Waals surface area (Å²) in [5.41, 5.74) is 1.69. The highest BCUT2D eigenvalue weighted by atomic mass is 16.6. The average molecular weight is 522 g/mol. The number of rotatable bonds is 8. The Morgan fingerprint density at radius 3 is 2.37 bits per heavy atom. The number of ether oxygens (including phenoxy) is 1. The Morgan fingerprint density at radius 2 is 1.76 bits per heavy atom. The van der Waals surface area contributed by atoms with Crippen LogP contribution in [0.3, 0.4) is 0 Å². The van der Waals surface area contributed by atoms with E-state index >= 15 is 0 Å². The van der Waals surface area contributed by atoms with Crippen LogP contribution in [-0.4, -0.2) is 56.5 Å². The van der Waals surface area contributed by atoms with Crippen molar-refractivity contribution in [3.63, 3.8) is 0 Å². The topological polar surface area (TPSA) is 143 Å². The Balaban J connectivity index is 0.000000786. The fourth-order valence-corrected chi connectivity index (χ4v) is 4.74. The number of nitro groups is 1. The third-order valence-corrected chi connectivity index (χ3v) is 6.46. The van der Waals surface area contributed by atoms with Gasteiger partial charge in [0, 0.05) is 32.0 Å². The maximum absolute atomic E-state index is 13.4. The molecule has 11 heteroatoms. The maximum atomic E-state index is 13.4. The summed E-state index contributed by atoms with van der Waals surface area (Å²) >= 11 is 0. The fourth-order valence-electron chi connectivity index (χ4n) is 4.74. The standard InChI is InChI=1S/C25H23N3O6.C2H4O2/c29-24-23(27-22(16-34-25(27)30)18-5-2-1-3-6-18)21(13-12-20-7-4-14-33-20)26(24)15-17-8-10-19(11-9-17)28(31)32;1-2(3)4/h1-11,14,21-23H,12-13,15-16H2;1H3,(H,3,4)/t21?,22-,23?;/m1./s1. The molecule has 2 amide bonds. The molecule has 0 saturated carbocycles. The lowest BCUT2D eigenvalue weighted by Crippen LogP contribution is -2.70. The number of β-lactam (4-membered cyclic amide) rings is 1. The van der Waals surface area contributed by atoms with Crippen LogP contribution >= 0.6 is 0 Å². The molecule has 0 bridgehead atoms. The van der Waals surface area contributed by atoms with Crippen LogP contribution in [0.5, 0.6) is 0 Å². The van der Waals surface area contributed by atoms with E-state index in [0.29, 0.717) is 19.4 Å². The molecule has 2 fully saturated rings. The minimum Gasteiger partial charge on any atom is -0.481 e. The van der Waals surface area contributed by atoms with Crippen molar-refractivity contribution in [2.45, 2.75) is 44.4 Å². The van der Waals surface area contributed by atoms with Gasteiger partial charge in [-0.25, -0.2) is 4.79 Å². The highest BCUT2D eigenvalue weighted by Gasteiger charge is 2.55. The molecule has 38 heavy (non-hydrogen) atoms. The van der Waals surface area contributed by atoms with Crippen LogP contribution in [-0.2, 0) is 27.3 Å². The summed E-state index contributed by atoms with van der Waals surface area (Å²) in [6.07, 6.45) is 2.32. The third-order valence-electron chi connectivity index (χ3n) is 6.46. The molecular weight excluding hydrogens is 494 g/mol. The highest BCUT2D eigenvalue weighted by Crippen LogP contribution is 2.38. The molecule has 2 aliphatic rings. The van der Waals surface area contributed by atoms with E-state index in [-0.39, 0.29) is 30.3 Å². The molecule has 2 aromatic carbocycles. The van der Waals surface area contributed by atoms with Gasteiger partial charge in [-0.05, 0) is 29.7 Å². The number of furan rings is 1. The number of carbonyl (C=O) groups is 3. The van der Waals surface area contributed by atoms with Crippen LogP contribution in [0.1, 0.15) is 36.3 Å². The summed E-state index contributed by atoms with van der Waals surface area (Å²) < 4.78 is 10.8. The number of benzene rings is 2. The number of hydrogen-bond donors (Lipinski definition) is 1. The second-order valence-electron chi connectivity index (χ2n) is 8.95. The number of non-ortho nitro benzene ring substituents is 1. The third kappa shape index (κ3) is 5.83. The molecule has 1 aromatic heterocycles. The van der Waals surface area contributed by atoms with E-state index in [1.54, 1.807) is 28.2 Å². The van der Waals surface area contributed by atoms with Crippen LogP contribution in [0.2, 0.25) is 0 Å². The Bertz CT molecular complexity index is 1270.